The van der Waals surface area contributed by atoms with Crippen LogP contribution in [-0.2, 0) is 11.3 Å². The zero-order valence-electron chi connectivity index (χ0n) is 7.21. The minimum Gasteiger partial charge on any atom is -0.427 e. The van der Waals surface area contributed by atoms with E-state index < -0.39 is 0 Å². The molecule has 0 aliphatic carbocycles. The second-order valence-electron chi connectivity index (χ2n) is 3.17. The van der Waals surface area contributed by atoms with Crippen LogP contribution in [0.4, 0.5) is 5.69 Å². The van der Waals surface area contributed by atoms with Gasteiger partial charge in [-0.3, -0.25) is 0 Å². The van der Waals surface area contributed by atoms with Gasteiger partial charge in [0, 0.05) is 5.69 Å². The Balaban J connectivity index is 2.42. The largest absolute Gasteiger partial charge is 0.427 e. The molecule has 0 saturated heterocycles. The maximum atomic E-state index is 5.69. The van der Waals surface area contributed by atoms with Crippen LogP contribution >= 0.6 is 0 Å². The fraction of sp³-hybridized carbons (Fsp3) is 0.333. The molecule has 0 fully saturated rings. The number of hydrogen-bond donors (Lipinski definition) is 1. The Bertz CT molecular complexity index is 301. The van der Waals surface area contributed by atoms with E-state index in [2.05, 4.69) is 13.0 Å². The number of anilines is 1. The van der Waals surface area contributed by atoms with Crippen LogP contribution in [0, 0.1) is 0 Å². The molecule has 0 radical (unpaired) electrons. The number of rotatable bonds is 1. The maximum absolute atomic E-state index is 5.69. The predicted molar refractivity (Wildman–Crippen MR) is 51.5 cm³/mol. The molecule has 0 unspecified atom stereocenters. The van der Waals surface area contributed by atoms with Crippen LogP contribution in [0.1, 0.15) is 12.5 Å². The number of benzene rings is 1. The Labute approximate surface area is 72.8 Å². The van der Waals surface area contributed by atoms with Gasteiger partial charge in [0.1, 0.15) is 0 Å². The third-order valence-electron chi connectivity index (χ3n) is 2.33. The summed E-state index contributed by atoms with van der Waals surface area (Å²) in [5.41, 5.74) is 9.09. The first-order chi connectivity index (χ1) is 5.81. The minimum atomic E-state index is 0.267. The first-order valence-corrected chi connectivity index (χ1v) is 4.31. The zero-order chi connectivity index (χ0) is 8.55. The van der Waals surface area contributed by atoms with Crippen molar-refractivity contribution < 1.29 is 4.65 Å². The van der Waals surface area contributed by atoms with Crippen LogP contribution in [0.15, 0.2) is 18.2 Å². The highest BCUT2D eigenvalue weighted by molar-refractivity contribution is 6.68. The van der Waals surface area contributed by atoms with Crippen LogP contribution in [0.5, 0.6) is 0 Å². The highest BCUT2D eigenvalue weighted by Gasteiger charge is 2.25. The van der Waals surface area contributed by atoms with Crippen molar-refractivity contribution >= 4 is 18.1 Å². The molecule has 0 atom stereocenters. The Hall–Kier alpha value is -0.955. The molecule has 1 aliphatic heterocycles. The molecule has 12 heavy (non-hydrogen) atoms. The summed E-state index contributed by atoms with van der Waals surface area (Å²) in [7, 11) is 0. The first-order valence-electron chi connectivity index (χ1n) is 4.31. The van der Waals surface area contributed by atoms with Gasteiger partial charge in [0.05, 0.1) is 6.61 Å². The Kier molecular flexibility index (Phi) is 1.81. The fourth-order valence-electron chi connectivity index (χ4n) is 1.66. The van der Waals surface area contributed by atoms with Crippen molar-refractivity contribution in [3.8, 4) is 0 Å². The van der Waals surface area contributed by atoms with Crippen molar-refractivity contribution in [1.29, 1.82) is 0 Å². The molecule has 2 rings (SSSR count). The lowest BCUT2D eigenvalue weighted by Crippen LogP contribution is -2.27. The first kappa shape index (κ1) is 7.68. The van der Waals surface area contributed by atoms with Gasteiger partial charge in [0.25, 0.3) is 0 Å². The summed E-state index contributed by atoms with van der Waals surface area (Å²) in [6, 6.07) is 6.01. The molecule has 62 valence electrons. The summed E-state index contributed by atoms with van der Waals surface area (Å²) in [6.45, 7) is 3.14. The summed E-state index contributed by atoms with van der Waals surface area (Å²) >= 11 is 0. The Morgan fingerprint density at radius 1 is 1.58 bits per heavy atom. The molecule has 1 heterocycles. The van der Waals surface area contributed by atoms with E-state index in [0.717, 1.165) is 18.6 Å². The molecular formula is C9H12BNO. The van der Waals surface area contributed by atoms with Crippen LogP contribution in [-0.4, -0.2) is 6.92 Å². The van der Waals surface area contributed by atoms with Crippen molar-refractivity contribution in [2.45, 2.75) is 19.9 Å². The molecule has 0 amide bonds. The number of fused-ring (bicyclic) bond motifs is 1. The standard InChI is InChI=1S/C9H12BNO/c1-2-10-9-5-8(11)4-3-7(9)6-12-10/h3-5H,2,6,11H2,1H3. The molecule has 2 nitrogen and oxygen atoms in total. The van der Waals surface area contributed by atoms with E-state index in [1.54, 1.807) is 0 Å². The van der Waals surface area contributed by atoms with E-state index in [0.29, 0.717) is 0 Å². The third kappa shape index (κ3) is 1.10. The van der Waals surface area contributed by atoms with Gasteiger partial charge in [-0.15, -0.1) is 0 Å². The van der Waals surface area contributed by atoms with Crippen molar-refractivity contribution in [2.24, 2.45) is 0 Å². The average molecular weight is 161 g/mol. The summed E-state index contributed by atoms with van der Waals surface area (Å²) in [6.07, 6.45) is 1.02. The van der Waals surface area contributed by atoms with Crippen LogP contribution < -0.4 is 11.2 Å². The fourth-order valence-corrected chi connectivity index (χ4v) is 1.66. The van der Waals surface area contributed by atoms with Crippen LogP contribution in [0.3, 0.4) is 0 Å². The molecule has 0 bridgehead atoms. The van der Waals surface area contributed by atoms with Gasteiger partial charge < -0.3 is 10.4 Å². The smallest absolute Gasteiger partial charge is 0.327 e. The summed E-state index contributed by atoms with van der Waals surface area (Å²) < 4.78 is 5.57. The lowest BCUT2D eigenvalue weighted by molar-refractivity contribution is 0.330. The SMILES string of the molecule is CCB1OCc2ccc(N)cc21. The van der Waals surface area contributed by atoms with Crippen LogP contribution in [0.25, 0.3) is 0 Å². The molecule has 1 aromatic carbocycles. The lowest BCUT2D eigenvalue weighted by atomic mass is 9.59. The number of nitrogens with two attached hydrogens (primary N) is 1. The van der Waals surface area contributed by atoms with E-state index >= 15 is 0 Å². The topological polar surface area (TPSA) is 35.2 Å². The van der Waals surface area contributed by atoms with E-state index in [-0.39, 0.29) is 6.92 Å². The highest BCUT2D eigenvalue weighted by atomic mass is 16.4. The number of hydrogen-bond acceptors (Lipinski definition) is 2. The van der Waals surface area contributed by atoms with Crippen molar-refractivity contribution in [2.75, 3.05) is 5.73 Å². The molecule has 3 heteroatoms. The van der Waals surface area contributed by atoms with Gasteiger partial charge in [0.15, 0.2) is 0 Å². The second-order valence-corrected chi connectivity index (χ2v) is 3.17. The summed E-state index contributed by atoms with van der Waals surface area (Å²) in [5, 5.41) is 0. The maximum Gasteiger partial charge on any atom is 0.327 e. The van der Waals surface area contributed by atoms with Gasteiger partial charge in [-0.1, -0.05) is 13.0 Å². The van der Waals surface area contributed by atoms with Gasteiger partial charge in [-0.05, 0) is 29.5 Å². The van der Waals surface area contributed by atoms with Gasteiger partial charge in [0.2, 0.25) is 0 Å². The van der Waals surface area contributed by atoms with Gasteiger partial charge >= 0.3 is 6.92 Å². The molecule has 1 aliphatic rings. The predicted octanol–water partition coefficient (Wildman–Crippen LogP) is 1.02. The molecule has 0 aromatic heterocycles. The average Bonchev–Trinajstić information content (AvgIpc) is 2.46. The van der Waals surface area contributed by atoms with Crippen molar-refractivity contribution in [1.82, 2.24) is 0 Å². The quantitative estimate of drug-likeness (QED) is 0.492. The van der Waals surface area contributed by atoms with Gasteiger partial charge in [-0.2, -0.15) is 0 Å². The minimum absolute atomic E-state index is 0.267. The van der Waals surface area contributed by atoms with E-state index in [1.807, 2.05) is 12.1 Å². The normalized spacial score (nSPS) is 14.9. The molecule has 0 saturated carbocycles. The van der Waals surface area contributed by atoms with Gasteiger partial charge in [-0.25, -0.2) is 0 Å². The Morgan fingerprint density at radius 2 is 2.42 bits per heavy atom. The monoisotopic (exact) mass is 161 g/mol. The molecule has 2 N–H and O–H groups in total. The Morgan fingerprint density at radius 3 is 3.17 bits per heavy atom. The molecule has 0 spiro atoms. The number of nitrogen functional groups attached to an aromatic ring is 1. The summed E-state index contributed by atoms with van der Waals surface area (Å²) in [4.78, 5) is 0. The van der Waals surface area contributed by atoms with E-state index in [4.69, 9.17) is 10.4 Å². The highest BCUT2D eigenvalue weighted by Crippen LogP contribution is 2.15. The van der Waals surface area contributed by atoms with E-state index in [9.17, 15) is 0 Å². The molecule has 1 aromatic rings. The lowest BCUT2D eigenvalue weighted by Gasteiger charge is -2.02. The second kappa shape index (κ2) is 2.83. The van der Waals surface area contributed by atoms with Crippen LogP contribution in [0.2, 0.25) is 6.32 Å². The summed E-state index contributed by atoms with van der Waals surface area (Å²) in [5.74, 6) is 0. The third-order valence-corrected chi connectivity index (χ3v) is 2.33. The van der Waals surface area contributed by atoms with Crippen molar-refractivity contribution in [3.63, 3.8) is 0 Å². The molecular weight excluding hydrogens is 149 g/mol. The zero-order valence-corrected chi connectivity index (χ0v) is 7.21. The van der Waals surface area contributed by atoms with Crippen molar-refractivity contribution in [3.05, 3.63) is 23.8 Å². The van der Waals surface area contributed by atoms with E-state index in [1.165, 1.54) is 11.0 Å².